The molecule has 0 saturated carbocycles. The number of fused-ring (bicyclic) bond motifs is 1. The van der Waals surface area contributed by atoms with Gasteiger partial charge in [0.1, 0.15) is 10.7 Å². The van der Waals surface area contributed by atoms with Gasteiger partial charge in [-0.2, -0.15) is 0 Å². The van der Waals surface area contributed by atoms with Gasteiger partial charge < -0.3 is 15.1 Å². The molecule has 0 spiro atoms. The van der Waals surface area contributed by atoms with Crippen molar-refractivity contribution in [3.63, 3.8) is 0 Å². The number of nitrogens with one attached hydrogen (secondary N) is 1. The molecule has 0 bridgehead atoms. The number of thioether (sulfide) groups is 1. The Labute approximate surface area is 199 Å². The fourth-order valence-electron chi connectivity index (χ4n) is 3.37. The maximum atomic E-state index is 12.9. The Hall–Kier alpha value is -3.22. The zero-order chi connectivity index (χ0) is 22.9. The molecular weight excluding hydrogens is 480 g/mol. The van der Waals surface area contributed by atoms with Crippen molar-refractivity contribution in [2.75, 3.05) is 0 Å². The number of H-pyrrole nitrogens is 1. The Bertz CT molecular complexity index is 1470. The van der Waals surface area contributed by atoms with Gasteiger partial charge in [0, 0.05) is 28.8 Å². The van der Waals surface area contributed by atoms with Crippen molar-refractivity contribution < 1.29 is 9.21 Å². The van der Waals surface area contributed by atoms with E-state index in [9.17, 15) is 9.59 Å². The molecule has 0 aliphatic heterocycles. The SMILES string of the molecule is CC(Sc1nnc(-c2ccco2)n1CCC(N)=O)c1nc2scc(-c3cccs3)c2c(=O)[nH]1. The van der Waals surface area contributed by atoms with Gasteiger partial charge in [0.25, 0.3) is 5.56 Å². The summed E-state index contributed by atoms with van der Waals surface area (Å²) in [5.74, 6) is 1.17. The predicted octanol–water partition coefficient (Wildman–Crippen LogP) is 4.29. The van der Waals surface area contributed by atoms with Crippen LogP contribution in [-0.4, -0.2) is 30.6 Å². The third kappa shape index (κ3) is 4.24. The molecule has 5 aromatic rings. The van der Waals surface area contributed by atoms with Crippen LogP contribution in [0.1, 0.15) is 24.4 Å². The lowest BCUT2D eigenvalue weighted by atomic mass is 10.2. The second-order valence-corrected chi connectivity index (χ2v) is 10.3. The van der Waals surface area contributed by atoms with Crippen molar-refractivity contribution in [1.29, 1.82) is 0 Å². The Kier molecular flexibility index (Phi) is 5.87. The average Bonchev–Trinajstić information content (AvgIpc) is 3.58. The lowest BCUT2D eigenvalue weighted by molar-refractivity contribution is -0.118. The molecule has 5 heterocycles. The number of thiophene rings is 2. The summed E-state index contributed by atoms with van der Waals surface area (Å²) in [4.78, 5) is 33.7. The highest BCUT2D eigenvalue weighted by molar-refractivity contribution is 7.99. The summed E-state index contributed by atoms with van der Waals surface area (Å²) in [6.45, 7) is 2.24. The van der Waals surface area contributed by atoms with Crippen LogP contribution in [-0.2, 0) is 11.3 Å². The fourth-order valence-corrected chi connectivity index (χ4v) is 6.07. The first-order valence-electron chi connectivity index (χ1n) is 9.98. The van der Waals surface area contributed by atoms with E-state index in [1.54, 1.807) is 34.3 Å². The Morgan fingerprint density at radius 2 is 2.18 bits per heavy atom. The van der Waals surface area contributed by atoms with E-state index in [1.807, 2.05) is 29.8 Å². The molecule has 1 unspecified atom stereocenters. The molecule has 5 rings (SSSR count). The van der Waals surface area contributed by atoms with Gasteiger partial charge in [-0.25, -0.2) is 4.98 Å². The van der Waals surface area contributed by atoms with Crippen molar-refractivity contribution in [2.45, 2.75) is 30.3 Å². The minimum Gasteiger partial charge on any atom is -0.461 e. The number of aromatic amines is 1. The summed E-state index contributed by atoms with van der Waals surface area (Å²) < 4.78 is 7.25. The van der Waals surface area contributed by atoms with Gasteiger partial charge in [0.2, 0.25) is 5.91 Å². The Morgan fingerprint density at radius 1 is 1.30 bits per heavy atom. The Morgan fingerprint density at radius 3 is 2.91 bits per heavy atom. The van der Waals surface area contributed by atoms with E-state index < -0.39 is 5.91 Å². The van der Waals surface area contributed by atoms with E-state index in [0.29, 0.717) is 39.3 Å². The lowest BCUT2D eigenvalue weighted by Crippen LogP contribution is -2.15. The summed E-state index contributed by atoms with van der Waals surface area (Å²) in [6, 6.07) is 7.49. The number of carbonyl (C=O) groups is 1. The summed E-state index contributed by atoms with van der Waals surface area (Å²) in [6.07, 6.45) is 1.68. The van der Waals surface area contributed by atoms with Gasteiger partial charge in [0.15, 0.2) is 16.7 Å². The quantitative estimate of drug-likeness (QED) is 0.305. The van der Waals surface area contributed by atoms with Crippen LogP contribution in [0.2, 0.25) is 0 Å². The molecule has 168 valence electrons. The first-order chi connectivity index (χ1) is 16.0. The zero-order valence-corrected chi connectivity index (χ0v) is 19.8. The topological polar surface area (TPSA) is 133 Å². The molecular formula is C21H18N6O3S3. The molecule has 5 aromatic heterocycles. The predicted molar refractivity (Wildman–Crippen MR) is 129 cm³/mol. The number of hydrogen-bond acceptors (Lipinski definition) is 9. The molecule has 0 radical (unpaired) electrons. The highest BCUT2D eigenvalue weighted by Gasteiger charge is 2.22. The second-order valence-electron chi connectivity index (χ2n) is 7.17. The Balaban J connectivity index is 1.46. The van der Waals surface area contributed by atoms with E-state index in [1.165, 1.54) is 23.1 Å². The molecule has 0 fully saturated rings. The molecule has 12 heteroatoms. The lowest BCUT2D eigenvalue weighted by Gasteiger charge is -2.12. The third-order valence-corrected chi connectivity index (χ3v) is 7.82. The van der Waals surface area contributed by atoms with Crippen LogP contribution in [0.5, 0.6) is 0 Å². The van der Waals surface area contributed by atoms with Gasteiger partial charge in [-0.15, -0.1) is 32.9 Å². The standard InChI is InChI=1S/C21H18N6O3S3/c1-11(17-23-19(29)16-12(10-32-20(16)24-17)14-5-3-9-31-14)33-21-26-25-18(13-4-2-8-30-13)27(21)7-6-15(22)28/h2-5,8-11H,6-7H2,1H3,(H2,22,28)(H,23,24,29). The van der Waals surface area contributed by atoms with Crippen molar-refractivity contribution in [2.24, 2.45) is 5.73 Å². The van der Waals surface area contributed by atoms with E-state index in [0.717, 1.165) is 10.4 Å². The zero-order valence-electron chi connectivity index (χ0n) is 17.3. The molecule has 0 aliphatic rings. The number of aromatic nitrogens is 5. The number of nitrogens with two attached hydrogens (primary N) is 1. The minimum atomic E-state index is -0.422. The smallest absolute Gasteiger partial charge is 0.260 e. The molecule has 9 nitrogen and oxygen atoms in total. The summed E-state index contributed by atoms with van der Waals surface area (Å²) in [5, 5.41) is 13.4. The van der Waals surface area contributed by atoms with Crippen LogP contribution in [0.3, 0.4) is 0 Å². The van der Waals surface area contributed by atoms with Crippen LogP contribution < -0.4 is 11.3 Å². The first-order valence-corrected chi connectivity index (χ1v) is 12.6. The van der Waals surface area contributed by atoms with E-state index in [-0.39, 0.29) is 17.2 Å². The number of rotatable bonds is 8. The normalized spacial score (nSPS) is 12.4. The summed E-state index contributed by atoms with van der Waals surface area (Å²) >= 11 is 4.42. The van der Waals surface area contributed by atoms with Crippen molar-refractivity contribution in [1.82, 2.24) is 24.7 Å². The van der Waals surface area contributed by atoms with Crippen molar-refractivity contribution in [3.8, 4) is 22.0 Å². The highest BCUT2D eigenvalue weighted by atomic mass is 32.2. The molecule has 0 aliphatic carbocycles. The minimum absolute atomic E-state index is 0.134. The summed E-state index contributed by atoms with van der Waals surface area (Å²) in [7, 11) is 0. The van der Waals surface area contributed by atoms with E-state index in [4.69, 9.17) is 15.1 Å². The van der Waals surface area contributed by atoms with Crippen LogP contribution in [0.15, 0.2) is 55.7 Å². The van der Waals surface area contributed by atoms with Crippen molar-refractivity contribution >= 4 is 50.6 Å². The van der Waals surface area contributed by atoms with Gasteiger partial charge in [-0.1, -0.05) is 17.8 Å². The van der Waals surface area contributed by atoms with Gasteiger partial charge in [0.05, 0.1) is 16.9 Å². The van der Waals surface area contributed by atoms with Crippen LogP contribution in [0.25, 0.3) is 32.2 Å². The van der Waals surface area contributed by atoms with Crippen molar-refractivity contribution in [3.05, 3.63) is 57.5 Å². The van der Waals surface area contributed by atoms with Crippen LogP contribution in [0, 0.1) is 0 Å². The molecule has 0 saturated heterocycles. The maximum Gasteiger partial charge on any atom is 0.260 e. The average molecular weight is 499 g/mol. The van der Waals surface area contributed by atoms with Crippen LogP contribution >= 0.6 is 34.4 Å². The molecule has 0 aromatic carbocycles. The number of amides is 1. The highest BCUT2D eigenvalue weighted by Crippen LogP contribution is 2.37. The molecule has 3 N–H and O–H groups in total. The first kappa shape index (κ1) is 21.6. The number of furan rings is 1. The monoisotopic (exact) mass is 498 g/mol. The molecule has 1 atom stereocenters. The second kappa shape index (κ2) is 8.96. The van der Waals surface area contributed by atoms with Gasteiger partial charge in [-0.3, -0.25) is 14.2 Å². The van der Waals surface area contributed by atoms with E-state index in [2.05, 4.69) is 15.2 Å². The molecule has 1 amide bonds. The molecule has 33 heavy (non-hydrogen) atoms. The van der Waals surface area contributed by atoms with E-state index >= 15 is 0 Å². The number of carbonyl (C=O) groups excluding carboxylic acids is 1. The maximum absolute atomic E-state index is 12.9. The fraction of sp³-hybridized carbons (Fsp3) is 0.190. The number of hydrogen-bond donors (Lipinski definition) is 2. The summed E-state index contributed by atoms with van der Waals surface area (Å²) in [5.41, 5.74) is 6.09. The third-order valence-electron chi connectivity index (χ3n) is 4.96. The largest absolute Gasteiger partial charge is 0.461 e. The number of nitrogens with zero attached hydrogens (tertiary/aromatic N) is 4. The van der Waals surface area contributed by atoms with Gasteiger partial charge >= 0.3 is 0 Å². The number of primary amides is 1. The van der Waals surface area contributed by atoms with Crippen LogP contribution in [0.4, 0.5) is 0 Å². The van der Waals surface area contributed by atoms with Gasteiger partial charge in [-0.05, 0) is 30.5 Å².